The number of imidazole rings is 1. The third-order valence-electron chi connectivity index (χ3n) is 6.64. The van der Waals surface area contributed by atoms with Gasteiger partial charge in [0.15, 0.2) is 5.69 Å². The molecule has 1 aliphatic rings. The van der Waals surface area contributed by atoms with Gasteiger partial charge in [-0.25, -0.2) is 19.2 Å². The van der Waals surface area contributed by atoms with E-state index < -0.39 is 11.6 Å². The van der Waals surface area contributed by atoms with Crippen LogP contribution in [0.1, 0.15) is 55.8 Å². The van der Waals surface area contributed by atoms with Crippen molar-refractivity contribution < 1.29 is 28.9 Å². The fourth-order valence-electron chi connectivity index (χ4n) is 4.83. The van der Waals surface area contributed by atoms with Gasteiger partial charge in [0.1, 0.15) is 28.6 Å². The van der Waals surface area contributed by atoms with E-state index in [0.717, 1.165) is 0 Å². The lowest BCUT2D eigenvalue weighted by atomic mass is 9.88. The van der Waals surface area contributed by atoms with Crippen molar-refractivity contribution in [2.75, 3.05) is 32.6 Å². The number of hydrogen-bond acceptors (Lipinski definition) is 8. The zero-order valence-corrected chi connectivity index (χ0v) is 22.8. The summed E-state index contributed by atoms with van der Waals surface area (Å²) in [6, 6.07) is 16.6. The Bertz CT molecular complexity index is 1280. The van der Waals surface area contributed by atoms with E-state index in [9.17, 15) is 14.7 Å². The molecule has 3 aromatic rings. The van der Waals surface area contributed by atoms with E-state index in [1.807, 2.05) is 51.1 Å². The number of nitrogens with zero attached hydrogens (tertiary/aromatic N) is 3. The number of rotatable bonds is 8. The quantitative estimate of drug-likeness (QED) is 0.317. The molecule has 4 rings (SSSR count). The van der Waals surface area contributed by atoms with Gasteiger partial charge >= 0.3 is 12.1 Å². The molecule has 1 saturated heterocycles. The van der Waals surface area contributed by atoms with E-state index in [0.29, 0.717) is 54.5 Å². The van der Waals surface area contributed by atoms with E-state index in [2.05, 4.69) is 0 Å². The number of aliphatic hydroxyl groups is 1. The molecule has 10 heteroatoms. The van der Waals surface area contributed by atoms with Gasteiger partial charge in [0, 0.05) is 31.2 Å². The second kappa shape index (κ2) is 11.8. The Morgan fingerprint density at radius 3 is 2.38 bits per heavy atom. The fourth-order valence-corrected chi connectivity index (χ4v) is 4.83. The van der Waals surface area contributed by atoms with Crippen LogP contribution in [0.3, 0.4) is 0 Å². The van der Waals surface area contributed by atoms with E-state index in [1.165, 1.54) is 11.8 Å². The maximum absolute atomic E-state index is 12.8. The van der Waals surface area contributed by atoms with Gasteiger partial charge in [-0.2, -0.15) is 0 Å². The second-order valence-electron chi connectivity index (χ2n) is 10.6. The maximum Gasteiger partial charge on any atom is 0.410 e. The molecule has 0 aliphatic carbocycles. The SMILES string of the molecule is COC(=O)c1c(-c2ccc(Oc3ccccc3)cc2)nc(C(CCO)C2CCN(C(=O)OC(C)(C)C)C2)n1N. The Kier molecular flexibility index (Phi) is 8.44. The molecule has 1 aliphatic heterocycles. The van der Waals surface area contributed by atoms with Crippen LogP contribution in [0.25, 0.3) is 11.3 Å². The number of nitrogens with two attached hydrogens (primary N) is 1. The molecule has 0 spiro atoms. The van der Waals surface area contributed by atoms with Gasteiger partial charge in [0.25, 0.3) is 0 Å². The van der Waals surface area contributed by atoms with E-state index in [-0.39, 0.29) is 30.2 Å². The topological polar surface area (TPSA) is 129 Å². The van der Waals surface area contributed by atoms with Crippen LogP contribution in [0.4, 0.5) is 4.79 Å². The molecule has 1 aromatic heterocycles. The van der Waals surface area contributed by atoms with Gasteiger partial charge in [-0.15, -0.1) is 0 Å². The Morgan fingerprint density at radius 2 is 1.77 bits per heavy atom. The third-order valence-corrected chi connectivity index (χ3v) is 6.64. The summed E-state index contributed by atoms with van der Waals surface area (Å²) in [5, 5.41) is 9.89. The highest BCUT2D eigenvalue weighted by Gasteiger charge is 2.38. The van der Waals surface area contributed by atoms with Gasteiger partial charge in [0.05, 0.1) is 7.11 Å². The molecule has 2 atom stereocenters. The molecule has 0 radical (unpaired) electrons. The average molecular weight is 537 g/mol. The summed E-state index contributed by atoms with van der Waals surface area (Å²) >= 11 is 0. The standard InChI is InChI=1S/C29H36N4O6/c1-29(2,3)39-28(36)32-16-14-20(18-32)23(15-17-34)26-31-24(25(33(26)30)27(35)37-4)19-10-12-22(13-11-19)38-21-8-6-5-7-9-21/h5-13,20,23,34H,14-18,30H2,1-4H3. The number of likely N-dealkylation sites (tertiary alicyclic amines) is 1. The molecule has 2 heterocycles. The van der Waals surface area contributed by atoms with Crippen LogP contribution in [0.5, 0.6) is 11.5 Å². The second-order valence-corrected chi connectivity index (χ2v) is 10.6. The summed E-state index contributed by atoms with van der Waals surface area (Å²) < 4.78 is 17.7. The molecular formula is C29H36N4O6. The van der Waals surface area contributed by atoms with Crippen LogP contribution in [-0.2, 0) is 9.47 Å². The van der Waals surface area contributed by atoms with Crippen molar-refractivity contribution in [2.45, 2.75) is 45.1 Å². The van der Waals surface area contributed by atoms with Gasteiger partial charge in [-0.1, -0.05) is 18.2 Å². The summed E-state index contributed by atoms with van der Waals surface area (Å²) in [5.74, 6) is 7.29. The zero-order chi connectivity index (χ0) is 28.2. The first-order valence-corrected chi connectivity index (χ1v) is 13.0. The fraction of sp³-hybridized carbons (Fsp3) is 0.414. The molecule has 10 nitrogen and oxygen atoms in total. The molecular weight excluding hydrogens is 500 g/mol. The van der Waals surface area contributed by atoms with Crippen molar-refractivity contribution in [2.24, 2.45) is 5.92 Å². The van der Waals surface area contributed by atoms with Crippen molar-refractivity contribution in [3.05, 3.63) is 66.1 Å². The van der Waals surface area contributed by atoms with Crippen molar-refractivity contribution in [3.8, 4) is 22.8 Å². The van der Waals surface area contributed by atoms with Crippen LogP contribution < -0.4 is 10.6 Å². The van der Waals surface area contributed by atoms with Crippen molar-refractivity contribution >= 4 is 12.1 Å². The molecule has 0 bridgehead atoms. The largest absolute Gasteiger partial charge is 0.464 e. The minimum atomic E-state index is -0.625. The smallest absolute Gasteiger partial charge is 0.410 e. The summed E-state index contributed by atoms with van der Waals surface area (Å²) in [7, 11) is 1.29. The number of carbonyl (C=O) groups excluding carboxylic acids is 2. The lowest BCUT2D eigenvalue weighted by Gasteiger charge is -2.26. The minimum Gasteiger partial charge on any atom is -0.464 e. The molecule has 208 valence electrons. The van der Waals surface area contributed by atoms with Crippen LogP contribution in [-0.4, -0.2) is 64.1 Å². The Labute approximate surface area is 228 Å². The van der Waals surface area contributed by atoms with Crippen molar-refractivity contribution in [1.29, 1.82) is 0 Å². The number of benzene rings is 2. The first kappa shape index (κ1) is 28.0. The molecule has 3 N–H and O–H groups in total. The Hall–Kier alpha value is -4.05. The van der Waals surface area contributed by atoms with Crippen LogP contribution >= 0.6 is 0 Å². The van der Waals surface area contributed by atoms with Gasteiger partial charge < -0.3 is 30.1 Å². The third kappa shape index (κ3) is 6.51. The molecule has 1 amide bonds. The van der Waals surface area contributed by atoms with Crippen LogP contribution in [0, 0.1) is 5.92 Å². The lowest BCUT2D eigenvalue weighted by Crippen LogP contribution is -2.36. The van der Waals surface area contributed by atoms with Crippen LogP contribution in [0.2, 0.25) is 0 Å². The maximum atomic E-state index is 12.8. The first-order valence-electron chi connectivity index (χ1n) is 13.0. The predicted octanol–water partition coefficient (Wildman–Crippen LogP) is 4.57. The lowest BCUT2D eigenvalue weighted by molar-refractivity contribution is 0.0285. The number of methoxy groups -OCH3 is 1. The number of nitrogen functional groups attached to an aromatic ring is 1. The molecule has 39 heavy (non-hydrogen) atoms. The highest BCUT2D eigenvalue weighted by Crippen LogP contribution is 2.37. The monoisotopic (exact) mass is 536 g/mol. The summed E-state index contributed by atoms with van der Waals surface area (Å²) in [6.07, 6.45) is 0.674. The number of ether oxygens (including phenoxy) is 3. The highest BCUT2D eigenvalue weighted by molar-refractivity contribution is 5.94. The Morgan fingerprint density at radius 1 is 1.10 bits per heavy atom. The van der Waals surface area contributed by atoms with Gasteiger partial charge in [-0.05, 0) is 75.9 Å². The number of hydrogen-bond donors (Lipinski definition) is 2. The minimum absolute atomic E-state index is 0.0330. The summed E-state index contributed by atoms with van der Waals surface area (Å²) in [6.45, 7) is 6.33. The Balaban J connectivity index is 1.63. The molecule has 0 saturated carbocycles. The number of aliphatic hydroxyl groups excluding tert-OH is 1. The number of esters is 1. The average Bonchev–Trinajstić information content (AvgIpc) is 3.52. The molecule has 2 unspecified atom stereocenters. The molecule has 2 aromatic carbocycles. The number of amides is 1. The van der Waals surface area contributed by atoms with Gasteiger partial charge in [0.2, 0.25) is 0 Å². The summed E-state index contributed by atoms with van der Waals surface area (Å²) in [4.78, 5) is 31.9. The van der Waals surface area contributed by atoms with Crippen LogP contribution in [0.15, 0.2) is 54.6 Å². The van der Waals surface area contributed by atoms with E-state index in [1.54, 1.807) is 29.2 Å². The van der Waals surface area contributed by atoms with Crippen molar-refractivity contribution in [1.82, 2.24) is 14.6 Å². The number of carbonyl (C=O) groups is 2. The highest BCUT2D eigenvalue weighted by atomic mass is 16.6. The van der Waals surface area contributed by atoms with E-state index >= 15 is 0 Å². The van der Waals surface area contributed by atoms with E-state index in [4.69, 9.17) is 25.0 Å². The summed E-state index contributed by atoms with van der Waals surface area (Å²) in [5.41, 5.74) is 0.537. The predicted molar refractivity (Wildman–Crippen MR) is 146 cm³/mol. The number of aromatic nitrogens is 2. The zero-order valence-electron chi connectivity index (χ0n) is 22.8. The van der Waals surface area contributed by atoms with Crippen molar-refractivity contribution in [3.63, 3.8) is 0 Å². The molecule has 1 fully saturated rings. The first-order chi connectivity index (χ1) is 18.6. The van der Waals surface area contributed by atoms with Gasteiger partial charge in [-0.3, -0.25) is 0 Å². The normalized spacial score (nSPS) is 16.1. The number of para-hydroxylation sites is 1.